The summed E-state index contributed by atoms with van der Waals surface area (Å²) in [7, 11) is -2.08. The lowest BCUT2D eigenvalue weighted by Gasteiger charge is -2.19. The van der Waals surface area contributed by atoms with Gasteiger partial charge in [0, 0.05) is 29.8 Å². The molecule has 0 aliphatic heterocycles. The van der Waals surface area contributed by atoms with Gasteiger partial charge in [-0.15, -0.1) is 0 Å². The molecule has 1 fully saturated rings. The van der Waals surface area contributed by atoms with Crippen molar-refractivity contribution >= 4 is 33.1 Å². The highest BCUT2D eigenvalue weighted by molar-refractivity contribution is 7.89. The zero-order valence-electron chi connectivity index (χ0n) is 21.2. The maximum atomic E-state index is 13.2. The van der Waals surface area contributed by atoms with E-state index in [-0.39, 0.29) is 4.90 Å². The van der Waals surface area contributed by atoms with Crippen LogP contribution in [0.2, 0.25) is 0 Å². The Labute approximate surface area is 215 Å². The van der Waals surface area contributed by atoms with Gasteiger partial charge in [-0.25, -0.2) is 18.4 Å². The molecule has 1 aliphatic rings. The third-order valence-corrected chi connectivity index (χ3v) is 6.95. The summed E-state index contributed by atoms with van der Waals surface area (Å²) < 4.78 is 32.6. The molecule has 2 aromatic carbocycles. The smallest absolute Gasteiger partial charge is 0.435 e. The van der Waals surface area contributed by atoms with E-state index >= 15 is 0 Å². The quantitative estimate of drug-likeness (QED) is 0.398. The van der Waals surface area contributed by atoms with E-state index < -0.39 is 21.7 Å². The van der Waals surface area contributed by atoms with Crippen molar-refractivity contribution in [3.63, 3.8) is 0 Å². The molecule has 9 nitrogen and oxygen atoms in total. The molecule has 0 amide bonds. The number of hydrogen-bond donors (Lipinski definition) is 1. The van der Waals surface area contributed by atoms with E-state index in [1.54, 1.807) is 43.8 Å². The fourth-order valence-electron chi connectivity index (χ4n) is 4.13. The van der Waals surface area contributed by atoms with Crippen LogP contribution >= 0.6 is 0 Å². The molecule has 1 saturated carbocycles. The molecule has 0 radical (unpaired) electrons. The van der Waals surface area contributed by atoms with Gasteiger partial charge in [0.1, 0.15) is 11.3 Å². The third kappa shape index (κ3) is 5.35. The molecule has 2 heterocycles. The number of nitrogens with zero attached hydrogens (tertiary/aromatic N) is 4. The molecule has 0 unspecified atom stereocenters. The molecule has 0 atom stereocenters. The van der Waals surface area contributed by atoms with E-state index in [9.17, 15) is 13.2 Å². The van der Waals surface area contributed by atoms with Crippen LogP contribution in [0.25, 0.3) is 39.4 Å². The van der Waals surface area contributed by atoms with Crippen LogP contribution in [0.3, 0.4) is 0 Å². The number of carbonyl (C=O) groups excluding carboxylic acids is 1. The first kappa shape index (κ1) is 24.9. The second kappa shape index (κ2) is 8.97. The van der Waals surface area contributed by atoms with E-state index in [0.29, 0.717) is 28.1 Å². The molecule has 0 saturated heterocycles. The Morgan fingerprint density at radius 2 is 1.92 bits per heavy atom. The van der Waals surface area contributed by atoms with Crippen LogP contribution in [0.5, 0.6) is 0 Å². The van der Waals surface area contributed by atoms with Crippen LogP contribution in [0, 0.1) is 5.92 Å². The van der Waals surface area contributed by atoms with Gasteiger partial charge < -0.3 is 4.74 Å². The number of hydrogen-bond acceptors (Lipinski definition) is 6. The van der Waals surface area contributed by atoms with Gasteiger partial charge >= 0.3 is 6.09 Å². The number of aryl methyl sites for hydroxylation is 1. The molecule has 192 valence electrons. The Hall–Kier alpha value is -3.76. The average molecular weight is 520 g/mol. The fraction of sp³-hybridized carbons (Fsp3) is 0.296. The highest BCUT2D eigenvalue weighted by Gasteiger charge is 2.25. The lowest BCUT2D eigenvalue weighted by atomic mass is 9.97. The van der Waals surface area contributed by atoms with Crippen molar-refractivity contribution in [2.75, 3.05) is 0 Å². The Balaban J connectivity index is 1.78. The topological polar surface area (TPSA) is 122 Å². The van der Waals surface area contributed by atoms with E-state index in [4.69, 9.17) is 9.88 Å². The van der Waals surface area contributed by atoms with E-state index in [2.05, 4.69) is 22.3 Å². The van der Waals surface area contributed by atoms with Gasteiger partial charge in [-0.05, 0) is 74.9 Å². The normalized spacial score (nSPS) is 14.5. The van der Waals surface area contributed by atoms with Gasteiger partial charge in [0.15, 0.2) is 0 Å². The summed E-state index contributed by atoms with van der Waals surface area (Å²) in [4.78, 5) is 13.2. The van der Waals surface area contributed by atoms with Gasteiger partial charge in [-0.3, -0.25) is 4.68 Å². The summed E-state index contributed by atoms with van der Waals surface area (Å²) >= 11 is 0. The Morgan fingerprint density at radius 1 is 1.16 bits per heavy atom. The van der Waals surface area contributed by atoms with Gasteiger partial charge in [-0.1, -0.05) is 24.3 Å². The molecule has 4 aromatic rings. The van der Waals surface area contributed by atoms with Crippen LogP contribution in [-0.4, -0.2) is 39.7 Å². The number of nitrogens with two attached hydrogens (primary N) is 1. The van der Waals surface area contributed by atoms with Crippen LogP contribution in [0.1, 0.15) is 39.2 Å². The van der Waals surface area contributed by atoms with Crippen molar-refractivity contribution in [3.8, 4) is 22.4 Å². The van der Waals surface area contributed by atoms with E-state index in [1.807, 2.05) is 25.4 Å². The standard InChI is InChI=1S/C27H29N5O4S/c1-27(2,3)36-26(33)32-24-14-22(20-15-29-31(4)16-20)18(11-10-17-8-9-17)13-23(24)25(30-32)19-6-5-7-21(12-19)37(28,34)35/h5-7,10-17H,8-9H2,1-4H3,(H2,28,34,35)/b11-10+. The van der Waals surface area contributed by atoms with Gasteiger partial charge in [0.05, 0.1) is 16.6 Å². The summed E-state index contributed by atoms with van der Waals surface area (Å²) in [6.45, 7) is 5.36. The lowest BCUT2D eigenvalue weighted by molar-refractivity contribution is 0.0523. The van der Waals surface area contributed by atoms with Crippen molar-refractivity contribution in [3.05, 3.63) is 60.4 Å². The van der Waals surface area contributed by atoms with E-state index in [1.165, 1.54) is 29.7 Å². The van der Waals surface area contributed by atoms with Crippen LogP contribution < -0.4 is 5.14 Å². The highest BCUT2D eigenvalue weighted by Crippen LogP contribution is 2.37. The molecule has 2 aromatic heterocycles. The van der Waals surface area contributed by atoms with Gasteiger partial charge in [-0.2, -0.15) is 14.9 Å². The predicted molar refractivity (Wildman–Crippen MR) is 142 cm³/mol. The Bertz CT molecular complexity index is 1650. The lowest BCUT2D eigenvalue weighted by Crippen LogP contribution is -2.27. The first-order valence-electron chi connectivity index (χ1n) is 12.0. The number of allylic oxidation sites excluding steroid dienone is 1. The molecule has 0 bridgehead atoms. The van der Waals surface area contributed by atoms with Crippen molar-refractivity contribution in [1.82, 2.24) is 19.6 Å². The minimum Gasteiger partial charge on any atom is -0.442 e. The Kier molecular flexibility index (Phi) is 6.04. The van der Waals surface area contributed by atoms with Crippen molar-refractivity contribution < 1.29 is 17.9 Å². The maximum absolute atomic E-state index is 13.2. The van der Waals surface area contributed by atoms with Crippen molar-refractivity contribution in [1.29, 1.82) is 0 Å². The van der Waals surface area contributed by atoms with Crippen LogP contribution in [0.4, 0.5) is 4.79 Å². The summed E-state index contributed by atoms with van der Waals surface area (Å²) in [5, 5.41) is 15.0. The minimum atomic E-state index is -3.93. The number of carbonyl (C=O) groups is 1. The molecule has 0 spiro atoms. The Morgan fingerprint density at radius 3 is 2.54 bits per heavy atom. The second-order valence-electron chi connectivity index (χ2n) is 10.4. The number of rotatable bonds is 5. The number of primary sulfonamides is 1. The summed E-state index contributed by atoms with van der Waals surface area (Å²) in [5.74, 6) is 0.563. The van der Waals surface area contributed by atoms with Crippen molar-refractivity contribution in [2.45, 2.75) is 44.1 Å². The SMILES string of the molecule is Cn1cc(-c2cc3c(cc2/C=C/C2CC2)c(-c2cccc(S(N)(=O)=O)c2)nn3C(=O)OC(C)(C)C)cn1. The van der Waals surface area contributed by atoms with Crippen LogP contribution in [-0.2, 0) is 21.8 Å². The molecular weight excluding hydrogens is 490 g/mol. The summed E-state index contributed by atoms with van der Waals surface area (Å²) in [6, 6.07) is 10.1. The number of ether oxygens (including phenoxy) is 1. The van der Waals surface area contributed by atoms with Crippen LogP contribution in [0.15, 0.2) is 59.8 Å². The highest BCUT2D eigenvalue weighted by atomic mass is 32.2. The molecule has 2 N–H and O–H groups in total. The monoisotopic (exact) mass is 519 g/mol. The average Bonchev–Trinajstić information content (AvgIpc) is 3.42. The zero-order valence-corrected chi connectivity index (χ0v) is 22.0. The first-order valence-corrected chi connectivity index (χ1v) is 13.5. The fourth-order valence-corrected chi connectivity index (χ4v) is 4.69. The van der Waals surface area contributed by atoms with E-state index in [0.717, 1.165) is 16.7 Å². The number of aromatic nitrogens is 4. The number of fused-ring (bicyclic) bond motifs is 1. The molecule has 10 heteroatoms. The maximum Gasteiger partial charge on any atom is 0.435 e. The molecule has 1 aliphatic carbocycles. The largest absolute Gasteiger partial charge is 0.442 e. The zero-order chi connectivity index (χ0) is 26.5. The predicted octanol–water partition coefficient (Wildman–Crippen LogP) is 4.96. The van der Waals surface area contributed by atoms with Gasteiger partial charge in [0.25, 0.3) is 0 Å². The number of sulfonamides is 1. The molecular formula is C27H29N5O4S. The summed E-state index contributed by atoms with van der Waals surface area (Å²) in [6.07, 6.45) is 9.69. The third-order valence-electron chi connectivity index (χ3n) is 6.04. The second-order valence-corrected chi connectivity index (χ2v) is 11.9. The minimum absolute atomic E-state index is 0.0363. The van der Waals surface area contributed by atoms with Crippen molar-refractivity contribution in [2.24, 2.45) is 18.1 Å². The van der Waals surface area contributed by atoms with Gasteiger partial charge in [0.2, 0.25) is 10.0 Å². The number of benzene rings is 2. The first-order chi connectivity index (χ1) is 17.4. The molecule has 5 rings (SSSR count). The molecule has 37 heavy (non-hydrogen) atoms. The summed E-state index contributed by atoms with van der Waals surface area (Å²) in [5.41, 5.74) is 3.51.